The van der Waals surface area contributed by atoms with Crippen molar-refractivity contribution in [2.24, 2.45) is 5.41 Å². The summed E-state index contributed by atoms with van der Waals surface area (Å²) in [5.41, 5.74) is 0.0663. The minimum absolute atomic E-state index is 0.349. The zero-order valence-corrected chi connectivity index (χ0v) is 11.5. The summed E-state index contributed by atoms with van der Waals surface area (Å²) in [6, 6.07) is 7.88. The van der Waals surface area contributed by atoms with Crippen LogP contribution in [0.4, 0.5) is 0 Å². The summed E-state index contributed by atoms with van der Waals surface area (Å²) in [6.07, 6.45) is 0. The van der Waals surface area contributed by atoms with Crippen LogP contribution in [0.3, 0.4) is 0 Å². The van der Waals surface area contributed by atoms with Crippen molar-refractivity contribution < 1.29 is 9.47 Å². The molecule has 3 nitrogen and oxygen atoms in total. The summed E-state index contributed by atoms with van der Waals surface area (Å²) in [4.78, 5) is 0. The van der Waals surface area contributed by atoms with Crippen LogP contribution < -0.4 is 4.74 Å². The summed E-state index contributed by atoms with van der Waals surface area (Å²) in [5, 5.41) is 10.1. The van der Waals surface area contributed by atoms with Gasteiger partial charge in [-0.1, -0.05) is 11.6 Å². The molecule has 0 spiro atoms. The van der Waals surface area contributed by atoms with Gasteiger partial charge in [-0.2, -0.15) is 5.26 Å². The Balaban J connectivity index is 2.59. The monoisotopic (exact) mass is 265 g/mol. The number of halogens is 1. The molecule has 0 radical (unpaired) electrons. The van der Waals surface area contributed by atoms with Gasteiger partial charge >= 0.3 is 0 Å². The van der Waals surface area contributed by atoms with Crippen LogP contribution in [0.2, 0.25) is 5.02 Å². The maximum absolute atomic E-state index is 9.41. The van der Waals surface area contributed by atoms with Crippen molar-refractivity contribution >= 4 is 11.6 Å². The molecular weight excluding hydrogens is 250 g/mol. The summed E-state index contributed by atoms with van der Waals surface area (Å²) >= 11 is 6.07. The van der Waals surface area contributed by atoms with E-state index in [0.717, 1.165) is 11.3 Å². The minimum Gasteiger partial charge on any atom is -0.496 e. The smallest absolute Gasteiger partial charge is 0.122 e. The lowest BCUT2D eigenvalue weighted by molar-refractivity contribution is -0.103. The quantitative estimate of drug-likeness (QED) is 0.843. The highest BCUT2D eigenvalue weighted by molar-refractivity contribution is 6.30. The Labute approximate surface area is 112 Å². The fourth-order valence-corrected chi connectivity index (χ4v) is 2.49. The molecule has 0 aromatic heterocycles. The Hall–Kier alpha value is -1.24. The van der Waals surface area contributed by atoms with Crippen molar-refractivity contribution in [2.45, 2.75) is 19.3 Å². The number of hydrogen-bond acceptors (Lipinski definition) is 3. The molecule has 1 heterocycles. The molecule has 0 saturated carbocycles. The largest absolute Gasteiger partial charge is 0.496 e. The van der Waals surface area contributed by atoms with Gasteiger partial charge in [-0.05, 0) is 32.0 Å². The molecule has 0 aliphatic carbocycles. The normalized spacial score (nSPS) is 17.7. The van der Waals surface area contributed by atoms with Gasteiger partial charge in [-0.25, -0.2) is 0 Å². The topological polar surface area (TPSA) is 42.2 Å². The van der Waals surface area contributed by atoms with Crippen LogP contribution in [0.5, 0.6) is 5.75 Å². The standard InChI is InChI=1S/C14H16ClNO2/c1-13(2,7-16)14(8-18-9-14)11-6-10(15)4-5-12(11)17-3/h4-6H,8-9H2,1-3H3. The average Bonchev–Trinajstić information content (AvgIpc) is 2.27. The number of benzene rings is 1. The van der Waals surface area contributed by atoms with Gasteiger partial charge in [0.25, 0.3) is 0 Å². The van der Waals surface area contributed by atoms with Gasteiger partial charge in [-0.15, -0.1) is 0 Å². The first-order valence-corrected chi connectivity index (χ1v) is 6.18. The zero-order valence-electron chi connectivity index (χ0n) is 10.8. The predicted molar refractivity (Wildman–Crippen MR) is 69.9 cm³/mol. The molecule has 1 aromatic rings. The van der Waals surface area contributed by atoms with Gasteiger partial charge < -0.3 is 9.47 Å². The SMILES string of the molecule is COc1ccc(Cl)cc1C1(C(C)(C)C#N)COC1. The van der Waals surface area contributed by atoms with E-state index in [2.05, 4.69) is 6.07 Å². The van der Waals surface area contributed by atoms with E-state index in [9.17, 15) is 5.26 Å². The molecule has 1 aromatic carbocycles. The second kappa shape index (κ2) is 4.46. The third-order valence-electron chi connectivity index (χ3n) is 3.85. The predicted octanol–water partition coefficient (Wildman–Crippen LogP) is 3.17. The molecule has 1 saturated heterocycles. The lowest BCUT2D eigenvalue weighted by atomic mass is 9.61. The Kier molecular flexibility index (Phi) is 3.27. The van der Waals surface area contributed by atoms with E-state index in [4.69, 9.17) is 21.1 Å². The number of methoxy groups -OCH3 is 1. The maximum Gasteiger partial charge on any atom is 0.122 e. The summed E-state index contributed by atoms with van der Waals surface area (Å²) in [7, 11) is 1.62. The lowest BCUT2D eigenvalue weighted by Gasteiger charge is -2.49. The van der Waals surface area contributed by atoms with Gasteiger partial charge in [-0.3, -0.25) is 0 Å². The van der Waals surface area contributed by atoms with E-state index < -0.39 is 5.41 Å². The summed E-state index contributed by atoms with van der Waals surface area (Å²) < 4.78 is 10.8. The maximum atomic E-state index is 9.41. The summed E-state index contributed by atoms with van der Waals surface area (Å²) in [6.45, 7) is 4.89. The van der Waals surface area contributed by atoms with Crippen LogP contribution in [-0.2, 0) is 10.2 Å². The first-order chi connectivity index (χ1) is 8.47. The summed E-state index contributed by atoms with van der Waals surface area (Å²) in [5.74, 6) is 0.756. The fourth-order valence-electron chi connectivity index (χ4n) is 2.32. The van der Waals surface area contributed by atoms with Crippen LogP contribution in [0.1, 0.15) is 19.4 Å². The van der Waals surface area contributed by atoms with E-state index in [-0.39, 0.29) is 5.41 Å². The molecule has 1 fully saturated rings. The molecule has 0 atom stereocenters. The average molecular weight is 266 g/mol. The lowest BCUT2D eigenvalue weighted by Crippen LogP contribution is -2.56. The second-order valence-electron chi connectivity index (χ2n) is 5.16. The molecule has 1 aliphatic heterocycles. The Morgan fingerprint density at radius 1 is 1.44 bits per heavy atom. The van der Waals surface area contributed by atoms with E-state index in [1.165, 1.54) is 0 Å². The molecular formula is C14H16ClNO2. The molecule has 4 heteroatoms. The molecule has 96 valence electrons. The van der Waals surface area contributed by atoms with Crippen molar-refractivity contribution in [1.29, 1.82) is 5.26 Å². The van der Waals surface area contributed by atoms with Crippen molar-refractivity contribution in [3.63, 3.8) is 0 Å². The Morgan fingerprint density at radius 2 is 2.11 bits per heavy atom. The number of nitriles is 1. The Bertz CT molecular complexity index is 501. The van der Waals surface area contributed by atoms with Gasteiger partial charge in [0.05, 0.1) is 37.2 Å². The van der Waals surface area contributed by atoms with E-state index >= 15 is 0 Å². The molecule has 0 N–H and O–H groups in total. The zero-order chi connectivity index (χ0) is 13.4. The minimum atomic E-state index is -0.538. The van der Waals surface area contributed by atoms with Gasteiger partial charge in [0.2, 0.25) is 0 Å². The number of rotatable bonds is 3. The Morgan fingerprint density at radius 3 is 2.56 bits per heavy atom. The van der Waals surface area contributed by atoms with E-state index in [1.807, 2.05) is 26.0 Å². The van der Waals surface area contributed by atoms with Gasteiger partial charge in [0.15, 0.2) is 0 Å². The van der Waals surface area contributed by atoms with Crippen LogP contribution in [0, 0.1) is 16.7 Å². The molecule has 0 bridgehead atoms. The van der Waals surface area contributed by atoms with Crippen molar-refractivity contribution in [3.8, 4) is 11.8 Å². The molecule has 2 rings (SSSR count). The molecule has 0 unspecified atom stereocenters. The molecule has 1 aliphatic rings. The van der Waals surface area contributed by atoms with Crippen LogP contribution in [0.15, 0.2) is 18.2 Å². The van der Waals surface area contributed by atoms with Crippen molar-refractivity contribution in [1.82, 2.24) is 0 Å². The first kappa shape index (κ1) is 13.2. The van der Waals surface area contributed by atoms with Crippen molar-refractivity contribution in [2.75, 3.05) is 20.3 Å². The highest BCUT2D eigenvalue weighted by Gasteiger charge is 2.54. The van der Waals surface area contributed by atoms with Gasteiger partial charge in [0.1, 0.15) is 5.75 Å². The first-order valence-electron chi connectivity index (χ1n) is 5.80. The number of ether oxygens (including phenoxy) is 2. The molecule has 0 amide bonds. The molecule has 18 heavy (non-hydrogen) atoms. The third-order valence-corrected chi connectivity index (χ3v) is 4.09. The highest BCUT2D eigenvalue weighted by Crippen LogP contribution is 2.50. The third kappa shape index (κ3) is 1.77. The van der Waals surface area contributed by atoms with E-state index in [0.29, 0.717) is 18.2 Å². The van der Waals surface area contributed by atoms with Crippen LogP contribution >= 0.6 is 11.6 Å². The highest BCUT2D eigenvalue weighted by atomic mass is 35.5. The number of hydrogen-bond donors (Lipinski definition) is 0. The fraction of sp³-hybridized carbons (Fsp3) is 0.500. The van der Waals surface area contributed by atoms with Crippen molar-refractivity contribution in [3.05, 3.63) is 28.8 Å². The second-order valence-corrected chi connectivity index (χ2v) is 5.59. The van der Waals surface area contributed by atoms with Crippen LogP contribution in [0.25, 0.3) is 0 Å². The van der Waals surface area contributed by atoms with E-state index in [1.54, 1.807) is 13.2 Å². The van der Waals surface area contributed by atoms with Crippen LogP contribution in [-0.4, -0.2) is 20.3 Å². The number of nitrogens with zero attached hydrogens (tertiary/aromatic N) is 1. The van der Waals surface area contributed by atoms with Gasteiger partial charge in [0, 0.05) is 10.6 Å².